The van der Waals surface area contributed by atoms with Crippen molar-refractivity contribution < 1.29 is 32.2 Å². The molecule has 192 valence electrons. The first kappa shape index (κ1) is 27.1. The summed E-state index contributed by atoms with van der Waals surface area (Å²) in [7, 11) is 1.03. The molecular weight excluding hydrogens is 472 g/mol. The second-order valence-electron chi connectivity index (χ2n) is 8.63. The van der Waals surface area contributed by atoms with Gasteiger partial charge in [0.2, 0.25) is 15.9 Å². The number of methoxy groups -OCH3 is 1. The lowest BCUT2D eigenvalue weighted by Gasteiger charge is -2.34. The summed E-state index contributed by atoms with van der Waals surface area (Å²) in [6.07, 6.45) is -0.509. The summed E-state index contributed by atoms with van der Waals surface area (Å²) >= 11 is 0. The zero-order valence-electron chi connectivity index (χ0n) is 21.1. The number of rotatable bonds is 11. The molecule has 3 rings (SSSR count). The molecule has 2 aromatic rings. The van der Waals surface area contributed by atoms with Crippen molar-refractivity contribution in [2.45, 2.75) is 44.8 Å². The van der Waals surface area contributed by atoms with Crippen molar-refractivity contribution in [2.75, 3.05) is 41.0 Å². The van der Waals surface area contributed by atoms with E-state index >= 15 is 0 Å². The number of hydrogen-bond donors (Lipinski definition) is 0. The SMILES string of the molecule is COc1cc(C)c(S(=O)(=O)N(C)CCOCC(=O)N(C)Cc2ccc(C3OC(C)O3)cc2)c(C)c1. The van der Waals surface area contributed by atoms with Gasteiger partial charge in [-0.05, 0) is 49.6 Å². The van der Waals surface area contributed by atoms with Crippen LogP contribution in [-0.2, 0) is 35.6 Å². The highest BCUT2D eigenvalue weighted by atomic mass is 32.2. The molecule has 1 amide bonds. The zero-order valence-corrected chi connectivity index (χ0v) is 21.9. The molecule has 1 aliphatic rings. The predicted octanol–water partition coefficient (Wildman–Crippen LogP) is 3.00. The molecule has 0 aliphatic carbocycles. The van der Waals surface area contributed by atoms with E-state index in [4.69, 9.17) is 18.9 Å². The van der Waals surface area contributed by atoms with Crippen LogP contribution in [0.5, 0.6) is 5.75 Å². The Kier molecular flexibility index (Phi) is 8.89. The Hall–Kier alpha value is -2.50. The number of carbonyl (C=O) groups excluding carboxylic acids is 1. The van der Waals surface area contributed by atoms with Crippen molar-refractivity contribution in [3.05, 3.63) is 58.7 Å². The number of aryl methyl sites for hydroxylation is 2. The average molecular weight is 507 g/mol. The number of nitrogens with zero attached hydrogens (tertiary/aromatic N) is 2. The molecule has 35 heavy (non-hydrogen) atoms. The first-order valence-electron chi connectivity index (χ1n) is 11.4. The smallest absolute Gasteiger partial charge is 0.248 e. The van der Waals surface area contributed by atoms with E-state index in [0.717, 1.165) is 11.1 Å². The summed E-state index contributed by atoms with van der Waals surface area (Å²) in [6, 6.07) is 11.1. The van der Waals surface area contributed by atoms with Crippen molar-refractivity contribution in [1.82, 2.24) is 9.21 Å². The molecule has 1 fully saturated rings. The minimum atomic E-state index is -3.71. The van der Waals surface area contributed by atoms with Gasteiger partial charge in [-0.15, -0.1) is 0 Å². The van der Waals surface area contributed by atoms with Gasteiger partial charge in [-0.25, -0.2) is 8.42 Å². The molecular formula is C25H34N2O7S. The second-order valence-corrected chi connectivity index (χ2v) is 10.6. The maximum atomic E-state index is 13.1. The minimum absolute atomic E-state index is 0.0953. The van der Waals surface area contributed by atoms with Crippen LogP contribution in [0.2, 0.25) is 0 Å². The highest BCUT2D eigenvalue weighted by molar-refractivity contribution is 7.89. The molecule has 0 spiro atoms. The van der Waals surface area contributed by atoms with Crippen LogP contribution in [0.4, 0.5) is 0 Å². The van der Waals surface area contributed by atoms with E-state index in [9.17, 15) is 13.2 Å². The summed E-state index contributed by atoms with van der Waals surface area (Å²) in [5, 5.41) is 0. The number of ether oxygens (including phenoxy) is 4. The molecule has 0 aromatic heterocycles. The van der Waals surface area contributed by atoms with Crippen LogP contribution in [0.1, 0.15) is 35.5 Å². The van der Waals surface area contributed by atoms with Gasteiger partial charge in [-0.1, -0.05) is 24.3 Å². The third-order valence-electron chi connectivity index (χ3n) is 5.84. The van der Waals surface area contributed by atoms with Gasteiger partial charge in [-0.2, -0.15) is 4.31 Å². The monoisotopic (exact) mass is 506 g/mol. The maximum Gasteiger partial charge on any atom is 0.248 e. The molecule has 0 N–H and O–H groups in total. The molecule has 0 atom stereocenters. The number of sulfonamides is 1. The molecule has 9 nitrogen and oxygen atoms in total. The van der Waals surface area contributed by atoms with E-state index in [1.54, 1.807) is 45.0 Å². The number of likely N-dealkylation sites (N-methyl/N-ethyl adjacent to an activating group) is 2. The lowest BCUT2D eigenvalue weighted by atomic mass is 10.1. The molecule has 0 unspecified atom stereocenters. The van der Waals surface area contributed by atoms with Gasteiger partial charge >= 0.3 is 0 Å². The van der Waals surface area contributed by atoms with E-state index in [1.807, 2.05) is 31.2 Å². The quantitative estimate of drug-likeness (QED) is 0.433. The molecule has 1 aliphatic heterocycles. The normalized spacial score (nSPS) is 17.8. The van der Waals surface area contributed by atoms with Crippen LogP contribution >= 0.6 is 0 Å². The Bertz CT molecular complexity index is 1110. The van der Waals surface area contributed by atoms with Crippen molar-refractivity contribution in [2.24, 2.45) is 0 Å². The van der Waals surface area contributed by atoms with Gasteiger partial charge in [-0.3, -0.25) is 4.79 Å². The van der Waals surface area contributed by atoms with Crippen molar-refractivity contribution in [1.29, 1.82) is 0 Å². The number of hydrogen-bond acceptors (Lipinski definition) is 7. The molecule has 2 aromatic carbocycles. The summed E-state index contributed by atoms with van der Waals surface area (Å²) < 4.78 is 49.0. The fourth-order valence-electron chi connectivity index (χ4n) is 3.83. The van der Waals surface area contributed by atoms with E-state index in [2.05, 4.69) is 0 Å². The Balaban J connectivity index is 1.45. The second kappa shape index (κ2) is 11.5. The number of carbonyl (C=O) groups is 1. The molecule has 0 radical (unpaired) electrons. The van der Waals surface area contributed by atoms with Crippen molar-refractivity contribution in [3.63, 3.8) is 0 Å². The number of amides is 1. The van der Waals surface area contributed by atoms with Crippen LogP contribution < -0.4 is 4.74 Å². The molecule has 1 heterocycles. The molecule has 0 bridgehead atoms. The minimum Gasteiger partial charge on any atom is -0.497 e. The standard InChI is InChI=1S/C25H34N2O7S/c1-17-13-22(31-6)14-18(2)24(17)35(29,30)27(5)11-12-32-16-23(28)26(4)15-20-7-9-21(10-8-20)25-33-19(3)34-25/h7-10,13-14,19,25H,11-12,15-16H2,1-6H3. The van der Waals surface area contributed by atoms with Gasteiger partial charge in [0.25, 0.3) is 0 Å². The molecule has 1 saturated heterocycles. The van der Waals surface area contributed by atoms with E-state index in [-0.39, 0.29) is 43.1 Å². The van der Waals surface area contributed by atoms with Crippen LogP contribution in [-0.4, -0.2) is 70.8 Å². The summed E-state index contributed by atoms with van der Waals surface area (Å²) in [5.74, 6) is 0.417. The Morgan fingerprint density at radius 3 is 2.20 bits per heavy atom. The molecule has 0 saturated carbocycles. The average Bonchev–Trinajstić information content (AvgIpc) is 2.79. The van der Waals surface area contributed by atoms with Crippen LogP contribution in [0.25, 0.3) is 0 Å². The van der Waals surface area contributed by atoms with Crippen LogP contribution in [0, 0.1) is 13.8 Å². The van der Waals surface area contributed by atoms with E-state index < -0.39 is 10.0 Å². The van der Waals surface area contributed by atoms with Crippen molar-refractivity contribution in [3.8, 4) is 5.75 Å². The van der Waals surface area contributed by atoms with Gasteiger partial charge in [0.15, 0.2) is 12.6 Å². The maximum absolute atomic E-state index is 13.1. The Labute approximate surface area is 207 Å². The Morgan fingerprint density at radius 1 is 1.06 bits per heavy atom. The van der Waals surface area contributed by atoms with Crippen LogP contribution in [0.3, 0.4) is 0 Å². The summed E-state index contributed by atoms with van der Waals surface area (Å²) in [4.78, 5) is 14.3. The lowest BCUT2D eigenvalue weighted by Crippen LogP contribution is -2.33. The number of benzene rings is 2. The van der Waals surface area contributed by atoms with E-state index in [1.165, 1.54) is 11.4 Å². The zero-order chi connectivity index (χ0) is 25.8. The highest BCUT2D eigenvalue weighted by Crippen LogP contribution is 2.31. The van der Waals surface area contributed by atoms with Crippen LogP contribution in [0.15, 0.2) is 41.3 Å². The molecule has 10 heteroatoms. The van der Waals surface area contributed by atoms with Gasteiger partial charge in [0.05, 0.1) is 18.6 Å². The van der Waals surface area contributed by atoms with Crippen molar-refractivity contribution >= 4 is 15.9 Å². The largest absolute Gasteiger partial charge is 0.497 e. The first-order chi connectivity index (χ1) is 16.5. The van der Waals surface area contributed by atoms with Gasteiger partial charge in [0.1, 0.15) is 12.4 Å². The lowest BCUT2D eigenvalue weighted by molar-refractivity contribution is -0.382. The predicted molar refractivity (Wildman–Crippen MR) is 130 cm³/mol. The first-order valence-corrected chi connectivity index (χ1v) is 12.8. The fraction of sp³-hybridized carbons (Fsp3) is 0.480. The topological polar surface area (TPSA) is 94.6 Å². The van der Waals surface area contributed by atoms with E-state index in [0.29, 0.717) is 23.4 Å². The summed E-state index contributed by atoms with van der Waals surface area (Å²) in [5.41, 5.74) is 3.12. The van der Waals surface area contributed by atoms with Gasteiger partial charge < -0.3 is 23.8 Å². The fourth-order valence-corrected chi connectivity index (χ4v) is 5.39. The van der Waals surface area contributed by atoms with Gasteiger partial charge in [0, 0.05) is 32.7 Å². The highest BCUT2D eigenvalue weighted by Gasteiger charge is 2.28. The third kappa shape index (κ3) is 6.59. The summed E-state index contributed by atoms with van der Waals surface area (Å²) in [6.45, 7) is 5.83. The Morgan fingerprint density at radius 2 is 1.66 bits per heavy atom. The third-order valence-corrected chi connectivity index (χ3v) is 8.00.